The molecule has 0 amide bonds. The fourth-order valence-electron chi connectivity index (χ4n) is 0.226. The summed E-state index contributed by atoms with van der Waals surface area (Å²) in [5.41, 5.74) is 4.82. The van der Waals surface area contributed by atoms with Gasteiger partial charge in [-0.3, -0.25) is 4.79 Å². The quantitative estimate of drug-likeness (QED) is 0.240. The van der Waals surface area contributed by atoms with Crippen molar-refractivity contribution < 1.29 is 19.7 Å². The van der Waals surface area contributed by atoms with E-state index >= 15 is 0 Å². The van der Waals surface area contributed by atoms with Crippen LogP contribution >= 0.6 is 0 Å². The van der Waals surface area contributed by atoms with Crippen LogP contribution < -0.4 is 5.73 Å². The minimum atomic E-state index is -1.61. The summed E-state index contributed by atoms with van der Waals surface area (Å²) in [6.45, 7) is -0.664. The molecule has 0 bridgehead atoms. The number of carbonyl (C=O) groups is 1. The Labute approximate surface area is 109 Å². The average molecular weight is 183 g/mol. The molecule has 7 heteroatoms. The third kappa shape index (κ3) is 14.2. The number of carbonyl (C=O) groups excluding carboxylic acids is 1. The van der Waals surface area contributed by atoms with Crippen LogP contribution in [0.5, 0.6) is 0 Å². The molecule has 0 fully saturated rings. The predicted octanol–water partition coefficient (Wildman–Crippen LogP) is -3.50. The molecule has 0 spiro atoms. The molecule has 0 aromatic rings. The number of nitrogens with two attached hydrogens (primary N) is 1. The number of hydrogen-bond acceptors (Lipinski definition) is 5. The summed E-state index contributed by atoms with van der Waals surface area (Å²) >= 11 is 0. The Morgan fingerprint density at radius 3 is 2.18 bits per heavy atom. The Balaban J connectivity index is -0.000000320. The summed E-state index contributed by atoms with van der Waals surface area (Å²) in [5, 5.41) is 16.3. The zero-order valence-electron chi connectivity index (χ0n) is 4.78. The van der Waals surface area contributed by atoms with E-state index in [-0.39, 0.29) is 65.7 Å². The normalized spacial score (nSPS) is 8.00. The van der Waals surface area contributed by atoms with Crippen molar-refractivity contribution in [3.05, 3.63) is 0 Å². The van der Waals surface area contributed by atoms with Crippen LogP contribution in [0.2, 0.25) is 0 Å². The second-order valence-electron chi connectivity index (χ2n) is 1.37. The topological polar surface area (TPSA) is 92.8 Å². The average Bonchev–Trinajstić information content (AvgIpc) is 1.83. The molecule has 0 atom stereocenters. The zero-order chi connectivity index (χ0) is 7.28. The third-order valence-electron chi connectivity index (χ3n) is 0.560. The predicted molar refractivity (Wildman–Crippen MR) is 42.5 cm³/mol. The molecule has 5 nitrogen and oxygen atoms in total. The van der Waals surface area contributed by atoms with Crippen LogP contribution in [0.25, 0.3) is 0 Å². The molecule has 0 aromatic carbocycles. The fraction of sp³-hybridized carbons (Fsp3) is 0.750. The first-order valence-corrected chi connectivity index (χ1v) is 2.38. The molecular formula is C4H11NNa2O4. The van der Waals surface area contributed by atoms with Crippen molar-refractivity contribution in [3.8, 4) is 0 Å². The van der Waals surface area contributed by atoms with E-state index < -0.39 is 18.9 Å². The maximum atomic E-state index is 10.1. The van der Waals surface area contributed by atoms with Crippen LogP contribution in [0.1, 0.15) is 0 Å². The summed E-state index contributed by atoms with van der Waals surface area (Å²) in [5.74, 6) is -0.650. The van der Waals surface area contributed by atoms with Gasteiger partial charge in [-0.05, 0) is 0 Å². The molecule has 58 valence electrons. The van der Waals surface area contributed by atoms with E-state index in [9.17, 15) is 4.79 Å². The number of rotatable bonds is 3. The van der Waals surface area contributed by atoms with E-state index in [1.807, 2.05) is 0 Å². The molecule has 0 aliphatic rings. The van der Waals surface area contributed by atoms with Gasteiger partial charge in [-0.25, -0.2) is 0 Å². The molecule has 0 aliphatic heterocycles. The molecule has 0 heterocycles. The minimum absolute atomic E-state index is 0. The molecule has 0 rings (SSSR count). The second-order valence-corrected chi connectivity index (χ2v) is 1.37. The molecular weight excluding hydrogens is 172 g/mol. The molecule has 11 heavy (non-hydrogen) atoms. The van der Waals surface area contributed by atoms with Crippen LogP contribution in [-0.4, -0.2) is 94.7 Å². The number of esters is 1. The van der Waals surface area contributed by atoms with Crippen molar-refractivity contribution in [1.29, 1.82) is 0 Å². The molecule has 0 aromatic heterocycles. The first-order valence-electron chi connectivity index (χ1n) is 2.38. The molecule has 0 saturated carbocycles. The monoisotopic (exact) mass is 183 g/mol. The zero-order valence-corrected chi connectivity index (χ0v) is 4.78. The van der Waals surface area contributed by atoms with E-state index in [1.54, 1.807) is 0 Å². The summed E-state index contributed by atoms with van der Waals surface area (Å²) in [7, 11) is 0. The van der Waals surface area contributed by atoms with Crippen LogP contribution in [0.4, 0.5) is 0 Å². The van der Waals surface area contributed by atoms with Gasteiger partial charge in [0.2, 0.25) is 0 Å². The van der Waals surface area contributed by atoms with Gasteiger partial charge in [-0.15, -0.1) is 0 Å². The summed E-state index contributed by atoms with van der Waals surface area (Å²) in [6.07, 6.45) is -1.61. The van der Waals surface area contributed by atoms with Crippen LogP contribution in [-0.2, 0) is 9.53 Å². The third-order valence-corrected chi connectivity index (χ3v) is 0.560. The van der Waals surface area contributed by atoms with Crippen LogP contribution in [0.3, 0.4) is 0 Å². The van der Waals surface area contributed by atoms with Gasteiger partial charge in [0.15, 0.2) is 6.29 Å². The number of aliphatic hydroxyl groups excluding tert-OH is 1. The van der Waals surface area contributed by atoms with Gasteiger partial charge in [0.25, 0.3) is 0 Å². The Bertz CT molecular complexity index is 100. The van der Waals surface area contributed by atoms with Gasteiger partial charge in [0, 0.05) is 0 Å². The van der Waals surface area contributed by atoms with Gasteiger partial charge in [0.05, 0.1) is 6.54 Å². The van der Waals surface area contributed by atoms with Crippen molar-refractivity contribution in [3.63, 3.8) is 0 Å². The van der Waals surface area contributed by atoms with Crippen LogP contribution in [0, 0.1) is 0 Å². The first-order chi connectivity index (χ1) is 4.16. The summed E-state index contributed by atoms with van der Waals surface area (Å²) in [4.78, 5) is 10.1. The van der Waals surface area contributed by atoms with Gasteiger partial charge >= 0.3 is 65.1 Å². The Kier molecular flexibility index (Phi) is 18.8. The number of ether oxygens (including phenoxy) is 1. The molecule has 0 radical (unpaired) electrons. The summed E-state index contributed by atoms with van der Waals surface area (Å²) < 4.78 is 4.19. The maximum absolute atomic E-state index is 10.1. The van der Waals surface area contributed by atoms with Gasteiger partial charge < -0.3 is 20.7 Å². The van der Waals surface area contributed by atoms with Crippen molar-refractivity contribution in [2.24, 2.45) is 5.73 Å². The van der Waals surface area contributed by atoms with Crippen molar-refractivity contribution in [1.82, 2.24) is 0 Å². The molecule has 4 N–H and O–H groups in total. The first kappa shape index (κ1) is 18.2. The molecule has 0 saturated heterocycles. The van der Waals surface area contributed by atoms with E-state index in [2.05, 4.69) is 4.74 Å². The Morgan fingerprint density at radius 2 is 1.91 bits per heavy atom. The summed E-state index contributed by atoms with van der Waals surface area (Å²) in [6, 6.07) is 0. The second kappa shape index (κ2) is 11.4. The fourth-order valence-corrected chi connectivity index (χ4v) is 0.226. The van der Waals surface area contributed by atoms with Crippen molar-refractivity contribution in [2.75, 3.05) is 13.2 Å². The van der Waals surface area contributed by atoms with Gasteiger partial charge in [-0.2, -0.15) is 0 Å². The van der Waals surface area contributed by atoms with E-state index in [1.165, 1.54) is 0 Å². The van der Waals surface area contributed by atoms with E-state index in [0.717, 1.165) is 0 Å². The van der Waals surface area contributed by atoms with E-state index in [0.29, 0.717) is 0 Å². The van der Waals surface area contributed by atoms with Crippen molar-refractivity contribution in [2.45, 2.75) is 6.29 Å². The number of aliphatic hydroxyl groups is 2. The Morgan fingerprint density at radius 1 is 1.45 bits per heavy atom. The van der Waals surface area contributed by atoms with Gasteiger partial charge in [-0.1, -0.05) is 0 Å². The standard InChI is InChI=1S/C4H9NO4.2Na.2H/c5-1-4(8)9-2-3(6)7;;;;/h3,6-7H,1-2,5H2;;;;. The van der Waals surface area contributed by atoms with Crippen molar-refractivity contribution >= 4 is 65.1 Å². The Hall–Kier alpha value is 1.35. The number of hydrogen-bond donors (Lipinski definition) is 3. The SMILES string of the molecule is NCC(=O)OCC(O)O.[NaH].[NaH]. The van der Waals surface area contributed by atoms with Gasteiger partial charge in [0.1, 0.15) is 6.61 Å². The van der Waals surface area contributed by atoms with E-state index in [4.69, 9.17) is 15.9 Å². The molecule has 0 aliphatic carbocycles. The van der Waals surface area contributed by atoms with Crippen LogP contribution in [0.15, 0.2) is 0 Å². The molecule has 0 unspecified atom stereocenters.